The number of H-pyrrole nitrogens is 2. The van der Waals surface area contributed by atoms with E-state index in [0.717, 1.165) is 0 Å². The zero-order chi connectivity index (χ0) is 16.2. The van der Waals surface area contributed by atoms with Crippen LogP contribution in [0.15, 0.2) is 64.3 Å². The molecule has 0 unspecified atom stereocenters. The SMILES string of the molecule is O=C(Nc1ccccc1-c1ccc(=O)[nH]n1)c1ccc(=O)[nH]c1. The third kappa shape index (κ3) is 3.24. The Morgan fingerprint density at radius 2 is 1.74 bits per heavy atom. The zero-order valence-electron chi connectivity index (χ0n) is 11.9. The fourth-order valence-electron chi connectivity index (χ4n) is 2.06. The van der Waals surface area contributed by atoms with Gasteiger partial charge in [0.15, 0.2) is 0 Å². The molecule has 2 aromatic heterocycles. The molecule has 0 aliphatic heterocycles. The van der Waals surface area contributed by atoms with Gasteiger partial charge in [-0.1, -0.05) is 18.2 Å². The number of carbonyl (C=O) groups excluding carboxylic acids is 1. The van der Waals surface area contributed by atoms with Crippen molar-refractivity contribution in [3.8, 4) is 11.3 Å². The van der Waals surface area contributed by atoms with Crippen LogP contribution in [0.1, 0.15) is 10.4 Å². The summed E-state index contributed by atoms with van der Waals surface area (Å²) in [7, 11) is 0. The van der Waals surface area contributed by atoms with E-state index in [9.17, 15) is 14.4 Å². The van der Waals surface area contributed by atoms with Crippen molar-refractivity contribution in [2.45, 2.75) is 0 Å². The molecule has 3 aromatic rings. The highest BCUT2D eigenvalue weighted by molar-refractivity contribution is 6.05. The van der Waals surface area contributed by atoms with Crippen LogP contribution in [0.2, 0.25) is 0 Å². The average molecular weight is 308 g/mol. The van der Waals surface area contributed by atoms with Gasteiger partial charge in [0.25, 0.3) is 11.5 Å². The first-order valence-corrected chi connectivity index (χ1v) is 6.79. The number of aromatic nitrogens is 3. The van der Waals surface area contributed by atoms with Gasteiger partial charge in [0, 0.05) is 23.9 Å². The summed E-state index contributed by atoms with van der Waals surface area (Å²) in [6.45, 7) is 0. The quantitative estimate of drug-likeness (QED) is 0.679. The molecule has 0 fully saturated rings. The highest BCUT2D eigenvalue weighted by Crippen LogP contribution is 2.25. The molecule has 7 nitrogen and oxygen atoms in total. The molecule has 0 saturated carbocycles. The molecule has 2 heterocycles. The minimum absolute atomic E-state index is 0.278. The topological polar surface area (TPSA) is 108 Å². The van der Waals surface area contributed by atoms with Crippen LogP contribution in [0.4, 0.5) is 5.69 Å². The molecule has 7 heteroatoms. The fourth-order valence-corrected chi connectivity index (χ4v) is 2.06. The van der Waals surface area contributed by atoms with Crippen LogP contribution in [-0.2, 0) is 0 Å². The number of nitrogens with zero attached hydrogens (tertiary/aromatic N) is 1. The maximum absolute atomic E-state index is 12.3. The van der Waals surface area contributed by atoms with Crippen LogP contribution in [0.3, 0.4) is 0 Å². The molecule has 3 N–H and O–H groups in total. The third-order valence-corrected chi connectivity index (χ3v) is 3.18. The van der Waals surface area contributed by atoms with Crippen molar-refractivity contribution in [3.63, 3.8) is 0 Å². The predicted octanol–water partition coefficient (Wildman–Crippen LogP) is 1.38. The largest absolute Gasteiger partial charge is 0.328 e. The molecule has 1 aromatic carbocycles. The molecule has 0 atom stereocenters. The standard InChI is InChI=1S/C16H12N4O3/c21-14-7-5-10(9-17-14)16(23)18-12-4-2-1-3-11(12)13-6-8-15(22)20-19-13/h1-9H,(H,17,21)(H,18,23)(H,20,22). The van der Waals surface area contributed by atoms with Gasteiger partial charge in [-0.25, -0.2) is 5.10 Å². The second kappa shape index (κ2) is 6.10. The van der Waals surface area contributed by atoms with E-state index in [0.29, 0.717) is 22.5 Å². The summed E-state index contributed by atoms with van der Waals surface area (Å²) < 4.78 is 0. The maximum atomic E-state index is 12.3. The minimum Gasteiger partial charge on any atom is -0.328 e. The molecule has 0 radical (unpaired) electrons. The number of anilines is 1. The van der Waals surface area contributed by atoms with Gasteiger partial charge in [-0.2, -0.15) is 5.10 Å². The molecule has 114 valence electrons. The van der Waals surface area contributed by atoms with E-state index in [1.807, 2.05) is 0 Å². The summed E-state index contributed by atoms with van der Waals surface area (Å²) >= 11 is 0. The van der Waals surface area contributed by atoms with E-state index in [2.05, 4.69) is 20.5 Å². The summed E-state index contributed by atoms with van der Waals surface area (Å²) in [5, 5.41) is 9.09. The van der Waals surface area contributed by atoms with Crippen LogP contribution in [0, 0.1) is 0 Å². The summed E-state index contributed by atoms with van der Waals surface area (Å²) in [5.41, 5.74) is 1.49. The minimum atomic E-state index is -0.363. The van der Waals surface area contributed by atoms with Crippen molar-refractivity contribution >= 4 is 11.6 Å². The number of benzene rings is 1. The lowest BCUT2D eigenvalue weighted by molar-refractivity contribution is 0.102. The van der Waals surface area contributed by atoms with Gasteiger partial charge >= 0.3 is 0 Å². The van der Waals surface area contributed by atoms with Gasteiger partial charge in [0.2, 0.25) is 5.56 Å². The molecule has 0 saturated heterocycles. The number of para-hydroxylation sites is 1. The summed E-state index contributed by atoms with van der Waals surface area (Å²) in [5.74, 6) is -0.363. The average Bonchev–Trinajstić information content (AvgIpc) is 2.57. The van der Waals surface area contributed by atoms with E-state index < -0.39 is 0 Å². The number of hydrogen-bond donors (Lipinski definition) is 3. The van der Waals surface area contributed by atoms with Crippen molar-refractivity contribution in [1.29, 1.82) is 0 Å². The van der Waals surface area contributed by atoms with Crippen molar-refractivity contribution in [2.24, 2.45) is 0 Å². The molecule has 3 rings (SSSR count). The van der Waals surface area contributed by atoms with Gasteiger partial charge in [-0.3, -0.25) is 14.4 Å². The molecule has 0 aliphatic carbocycles. The number of hydrogen-bond acceptors (Lipinski definition) is 4. The van der Waals surface area contributed by atoms with E-state index in [-0.39, 0.29) is 17.0 Å². The summed E-state index contributed by atoms with van der Waals surface area (Å²) in [6, 6.07) is 12.7. The number of rotatable bonds is 3. The Labute approximate surface area is 130 Å². The summed E-state index contributed by atoms with van der Waals surface area (Å²) in [4.78, 5) is 36.9. The Hall–Kier alpha value is -3.48. The van der Waals surface area contributed by atoms with Gasteiger partial charge in [-0.15, -0.1) is 0 Å². The monoisotopic (exact) mass is 308 g/mol. The van der Waals surface area contributed by atoms with Crippen molar-refractivity contribution < 1.29 is 4.79 Å². The van der Waals surface area contributed by atoms with Gasteiger partial charge in [-0.05, 0) is 18.2 Å². The lowest BCUT2D eigenvalue weighted by Gasteiger charge is -2.10. The molecule has 23 heavy (non-hydrogen) atoms. The van der Waals surface area contributed by atoms with Crippen LogP contribution in [0.5, 0.6) is 0 Å². The number of aromatic amines is 2. The first-order valence-electron chi connectivity index (χ1n) is 6.79. The second-order valence-corrected chi connectivity index (χ2v) is 4.75. The van der Waals surface area contributed by atoms with Gasteiger partial charge in [0.1, 0.15) is 0 Å². The van der Waals surface area contributed by atoms with Crippen LogP contribution < -0.4 is 16.4 Å². The first-order chi connectivity index (χ1) is 11.1. The van der Waals surface area contributed by atoms with E-state index >= 15 is 0 Å². The lowest BCUT2D eigenvalue weighted by Crippen LogP contribution is -2.15. The number of nitrogens with one attached hydrogen (secondary N) is 3. The van der Waals surface area contributed by atoms with Gasteiger partial charge in [0.05, 0.1) is 16.9 Å². The van der Waals surface area contributed by atoms with Crippen molar-refractivity contribution in [2.75, 3.05) is 5.32 Å². The van der Waals surface area contributed by atoms with E-state index in [1.54, 1.807) is 30.3 Å². The number of pyridine rings is 1. The molecule has 0 spiro atoms. The Kier molecular flexibility index (Phi) is 3.84. The Morgan fingerprint density at radius 3 is 2.43 bits per heavy atom. The molecular formula is C16H12N4O3. The van der Waals surface area contributed by atoms with Crippen molar-refractivity contribution in [3.05, 3.63) is 81.0 Å². The molecule has 0 aliphatic rings. The van der Waals surface area contributed by atoms with E-state index in [1.165, 1.54) is 24.4 Å². The van der Waals surface area contributed by atoms with Crippen LogP contribution in [-0.4, -0.2) is 21.1 Å². The first kappa shape index (κ1) is 14.5. The van der Waals surface area contributed by atoms with Crippen molar-refractivity contribution in [1.82, 2.24) is 15.2 Å². The van der Waals surface area contributed by atoms with Crippen LogP contribution in [0.25, 0.3) is 11.3 Å². The molecule has 0 bridgehead atoms. The Bertz CT molecular complexity index is 934. The number of amides is 1. The second-order valence-electron chi connectivity index (χ2n) is 4.75. The highest BCUT2D eigenvalue weighted by atomic mass is 16.2. The number of carbonyl (C=O) groups is 1. The highest BCUT2D eigenvalue weighted by Gasteiger charge is 2.11. The Balaban J connectivity index is 1.93. The summed E-state index contributed by atoms with van der Waals surface area (Å²) in [6.07, 6.45) is 1.35. The molecular weight excluding hydrogens is 296 g/mol. The lowest BCUT2D eigenvalue weighted by atomic mass is 10.1. The predicted molar refractivity (Wildman–Crippen MR) is 85.3 cm³/mol. The normalized spacial score (nSPS) is 10.3. The fraction of sp³-hybridized carbons (Fsp3) is 0. The van der Waals surface area contributed by atoms with Gasteiger partial charge < -0.3 is 10.3 Å². The molecule has 1 amide bonds. The van der Waals surface area contributed by atoms with Crippen LogP contribution >= 0.6 is 0 Å². The van der Waals surface area contributed by atoms with E-state index in [4.69, 9.17) is 0 Å². The third-order valence-electron chi connectivity index (χ3n) is 3.18. The smallest absolute Gasteiger partial charge is 0.264 e. The maximum Gasteiger partial charge on any atom is 0.264 e. The zero-order valence-corrected chi connectivity index (χ0v) is 11.9. The Morgan fingerprint density at radius 1 is 0.957 bits per heavy atom.